The smallest absolute Gasteiger partial charge is 0.147 e. The summed E-state index contributed by atoms with van der Waals surface area (Å²) in [4.78, 5) is 5.27. The maximum absolute atomic E-state index is 5.27. The molecule has 2 nitrogen and oxygen atoms in total. The lowest BCUT2D eigenvalue weighted by molar-refractivity contribution is 1.11. The van der Waals surface area contributed by atoms with Gasteiger partial charge < -0.3 is 0 Å². The van der Waals surface area contributed by atoms with Gasteiger partial charge in [-0.3, -0.25) is 4.57 Å². The zero-order chi connectivity index (χ0) is 25.6. The molecule has 7 aromatic rings. The van der Waals surface area contributed by atoms with Crippen molar-refractivity contribution in [1.82, 2.24) is 9.55 Å². The number of para-hydroxylation sites is 2. The van der Waals surface area contributed by atoms with Crippen LogP contribution >= 0.6 is 11.3 Å². The van der Waals surface area contributed by atoms with E-state index in [1.54, 1.807) is 11.3 Å². The highest BCUT2D eigenvalue weighted by atomic mass is 32.1. The number of thiophene rings is 1. The quantitative estimate of drug-likeness (QED) is 0.232. The Morgan fingerprint density at radius 1 is 0.605 bits per heavy atom. The number of aryl methyl sites for hydroxylation is 2. The first-order valence-electron chi connectivity index (χ1n) is 12.9. The number of hydrogen-bond acceptors (Lipinski definition) is 2. The first-order chi connectivity index (χ1) is 18.7. The van der Waals surface area contributed by atoms with Gasteiger partial charge in [-0.25, -0.2) is 4.98 Å². The average molecular weight is 507 g/mol. The summed E-state index contributed by atoms with van der Waals surface area (Å²) in [6.07, 6.45) is 0. The molecule has 2 aromatic heterocycles. The third-order valence-corrected chi connectivity index (χ3v) is 8.14. The lowest BCUT2D eigenvalue weighted by atomic mass is 9.93. The second-order valence-electron chi connectivity index (χ2n) is 9.85. The highest BCUT2D eigenvalue weighted by Crippen LogP contribution is 2.43. The summed E-state index contributed by atoms with van der Waals surface area (Å²) < 4.78 is 3.67. The Labute approximate surface area is 226 Å². The fourth-order valence-electron chi connectivity index (χ4n) is 5.44. The van der Waals surface area contributed by atoms with Crippen LogP contribution in [0.2, 0.25) is 0 Å². The Kier molecular flexibility index (Phi) is 5.45. The van der Waals surface area contributed by atoms with Crippen molar-refractivity contribution < 1.29 is 0 Å². The summed E-state index contributed by atoms with van der Waals surface area (Å²) >= 11 is 1.78. The molecule has 0 spiro atoms. The summed E-state index contributed by atoms with van der Waals surface area (Å²) in [5, 5.41) is 3.52. The van der Waals surface area contributed by atoms with Crippen LogP contribution in [0, 0.1) is 13.8 Å². The maximum atomic E-state index is 5.27. The highest BCUT2D eigenvalue weighted by molar-refractivity contribution is 7.17. The van der Waals surface area contributed by atoms with Crippen LogP contribution in [-0.4, -0.2) is 9.55 Å². The number of hydrogen-bond donors (Lipinski definition) is 0. The Morgan fingerprint density at radius 2 is 1.24 bits per heavy atom. The third-order valence-electron chi connectivity index (χ3n) is 7.18. The van der Waals surface area contributed by atoms with Gasteiger partial charge >= 0.3 is 0 Å². The molecule has 0 saturated heterocycles. The first-order valence-corrected chi connectivity index (χ1v) is 13.8. The van der Waals surface area contributed by atoms with Crippen molar-refractivity contribution in [1.29, 1.82) is 0 Å². The van der Waals surface area contributed by atoms with E-state index in [1.807, 2.05) is 0 Å². The fraction of sp³-hybridized carbons (Fsp3) is 0.0571. The van der Waals surface area contributed by atoms with Gasteiger partial charge in [-0.15, -0.1) is 11.3 Å². The third kappa shape index (κ3) is 3.75. The van der Waals surface area contributed by atoms with Crippen LogP contribution in [0.5, 0.6) is 0 Å². The van der Waals surface area contributed by atoms with E-state index in [1.165, 1.54) is 49.0 Å². The molecule has 0 N–H and O–H groups in total. The summed E-state index contributed by atoms with van der Waals surface area (Å²) in [5.74, 6) is 0.973. The van der Waals surface area contributed by atoms with Crippen molar-refractivity contribution >= 4 is 32.5 Å². The van der Waals surface area contributed by atoms with Crippen molar-refractivity contribution in [2.75, 3.05) is 0 Å². The molecule has 2 heterocycles. The van der Waals surface area contributed by atoms with Crippen LogP contribution in [0.1, 0.15) is 11.1 Å². The molecule has 0 radical (unpaired) electrons. The van der Waals surface area contributed by atoms with Crippen LogP contribution in [-0.2, 0) is 0 Å². The average Bonchev–Trinajstić information content (AvgIpc) is 3.54. The number of benzene rings is 5. The van der Waals surface area contributed by atoms with E-state index < -0.39 is 0 Å². The summed E-state index contributed by atoms with van der Waals surface area (Å²) in [5.41, 5.74) is 11.7. The van der Waals surface area contributed by atoms with Gasteiger partial charge in [-0.1, -0.05) is 84.4 Å². The van der Waals surface area contributed by atoms with E-state index in [9.17, 15) is 0 Å². The predicted molar refractivity (Wildman–Crippen MR) is 162 cm³/mol. The molecular formula is C35H26N2S. The molecule has 0 aliphatic heterocycles. The first kappa shape index (κ1) is 22.7. The summed E-state index contributed by atoms with van der Waals surface area (Å²) in [6.45, 7) is 4.34. The Bertz CT molecular complexity index is 1870. The topological polar surface area (TPSA) is 17.8 Å². The monoisotopic (exact) mass is 506 g/mol. The van der Waals surface area contributed by atoms with Crippen LogP contribution in [0.25, 0.3) is 60.4 Å². The second kappa shape index (κ2) is 9.13. The number of imidazole rings is 1. The molecule has 7 rings (SSSR count). The standard InChI is InChI=1S/C35H26N2S/c1-23-17-18-33-29(19-23)30(22-38-33)35-36-31-15-9-10-16-32(31)37(35)34-27(25-11-5-3-6-12-25)20-24(2)21-28(34)26-13-7-4-8-14-26/h3-22H,1-2H3. The maximum Gasteiger partial charge on any atom is 0.147 e. The molecule has 0 bridgehead atoms. The number of rotatable bonds is 4. The minimum atomic E-state index is 0.973. The molecule has 38 heavy (non-hydrogen) atoms. The van der Waals surface area contributed by atoms with E-state index in [4.69, 9.17) is 4.98 Å². The minimum Gasteiger partial charge on any atom is -0.291 e. The number of nitrogens with zero attached hydrogens (tertiary/aromatic N) is 2. The Morgan fingerprint density at radius 3 is 1.92 bits per heavy atom. The normalized spacial score (nSPS) is 11.4. The molecule has 5 aromatic carbocycles. The van der Waals surface area contributed by atoms with Gasteiger partial charge in [0.2, 0.25) is 0 Å². The van der Waals surface area contributed by atoms with Crippen LogP contribution in [0.15, 0.2) is 121 Å². The molecule has 0 atom stereocenters. The van der Waals surface area contributed by atoms with Crippen molar-refractivity contribution in [3.8, 4) is 39.3 Å². The molecule has 3 heteroatoms. The van der Waals surface area contributed by atoms with E-state index in [2.05, 4.69) is 139 Å². The predicted octanol–water partition coefficient (Wildman–Crippen LogP) is 9.86. The van der Waals surface area contributed by atoms with Crippen LogP contribution in [0.3, 0.4) is 0 Å². The molecule has 182 valence electrons. The Balaban J connectivity index is 1.65. The van der Waals surface area contributed by atoms with Gasteiger partial charge in [0.25, 0.3) is 0 Å². The van der Waals surface area contributed by atoms with Gasteiger partial charge in [0.05, 0.1) is 16.7 Å². The summed E-state index contributed by atoms with van der Waals surface area (Å²) in [7, 11) is 0. The zero-order valence-electron chi connectivity index (χ0n) is 21.3. The molecule has 0 aliphatic rings. The van der Waals surface area contributed by atoms with Crippen LogP contribution < -0.4 is 0 Å². The Hall–Kier alpha value is -4.47. The lowest BCUT2D eigenvalue weighted by Gasteiger charge is -2.20. The van der Waals surface area contributed by atoms with E-state index in [0.717, 1.165) is 22.5 Å². The van der Waals surface area contributed by atoms with E-state index >= 15 is 0 Å². The lowest BCUT2D eigenvalue weighted by Crippen LogP contribution is -2.03. The molecule has 0 aliphatic carbocycles. The molecular weight excluding hydrogens is 480 g/mol. The van der Waals surface area contributed by atoms with Gasteiger partial charge in [-0.2, -0.15) is 0 Å². The van der Waals surface area contributed by atoms with Gasteiger partial charge in [0.1, 0.15) is 5.82 Å². The number of fused-ring (bicyclic) bond motifs is 2. The van der Waals surface area contributed by atoms with Crippen molar-refractivity contribution in [2.45, 2.75) is 13.8 Å². The van der Waals surface area contributed by atoms with Crippen molar-refractivity contribution in [3.05, 3.63) is 132 Å². The highest BCUT2D eigenvalue weighted by Gasteiger charge is 2.23. The SMILES string of the molecule is Cc1cc(-c2ccccc2)c(-n2c(-c3csc4ccc(C)cc34)nc3ccccc32)c(-c2ccccc2)c1. The largest absolute Gasteiger partial charge is 0.291 e. The fourth-order valence-corrected chi connectivity index (χ4v) is 6.36. The van der Waals surface area contributed by atoms with E-state index in [-0.39, 0.29) is 0 Å². The van der Waals surface area contributed by atoms with Gasteiger partial charge in [0.15, 0.2) is 0 Å². The van der Waals surface area contributed by atoms with Crippen LogP contribution in [0.4, 0.5) is 0 Å². The second-order valence-corrected chi connectivity index (χ2v) is 10.8. The van der Waals surface area contributed by atoms with E-state index in [0.29, 0.717) is 0 Å². The molecule has 0 saturated carbocycles. The molecule has 0 unspecified atom stereocenters. The number of aromatic nitrogens is 2. The molecule has 0 amide bonds. The van der Waals surface area contributed by atoms with Gasteiger partial charge in [0, 0.05) is 32.2 Å². The minimum absolute atomic E-state index is 0.973. The van der Waals surface area contributed by atoms with Crippen molar-refractivity contribution in [2.24, 2.45) is 0 Å². The van der Waals surface area contributed by atoms with Gasteiger partial charge in [-0.05, 0) is 66.9 Å². The summed E-state index contributed by atoms with van der Waals surface area (Å²) in [6, 6.07) is 41.3. The van der Waals surface area contributed by atoms with Crippen molar-refractivity contribution in [3.63, 3.8) is 0 Å². The zero-order valence-corrected chi connectivity index (χ0v) is 22.2. The molecule has 0 fully saturated rings.